The first kappa shape index (κ1) is 12.2. The smallest absolute Gasteiger partial charge is 0.240 e. The van der Waals surface area contributed by atoms with Crippen molar-refractivity contribution in [2.45, 2.75) is 39.3 Å². The molecular formula is C10H15N5O. The lowest BCUT2D eigenvalue weighted by atomic mass is 10.2. The molecule has 0 bridgehead atoms. The number of hydrogen-bond donors (Lipinski definition) is 1. The molecule has 1 heterocycles. The van der Waals surface area contributed by atoms with Gasteiger partial charge < -0.3 is 5.32 Å². The van der Waals surface area contributed by atoms with Crippen molar-refractivity contribution in [3.63, 3.8) is 0 Å². The minimum absolute atomic E-state index is 0.0897. The first-order chi connectivity index (χ1) is 7.71. The molecular weight excluding hydrogens is 206 g/mol. The molecule has 0 atom stereocenters. The summed E-state index contributed by atoms with van der Waals surface area (Å²) in [7, 11) is 0. The third-order valence-corrected chi connectivity index (χ3v) is 2.38. The van der Waals surface area contributed by atoms with Gasteiger partial charge in [0.2, 0.25) is 11.7 Å². The topological polar surface area (TPSA) is 83.6 Å². The van der Waals surface area contributed by atoms with Crippen LogP contribution in [0, 0.1) is 11.3 Å². The van der Waals surface area contributed by atoms with E-state index in [0.29, 0.717) is 0 Å². The normalized spacial score (nSPS) is 10.1. The lowest BCUT2D eigenvalue weighted by molar-refractivity contribution is -0.122. The highest BCUT2D eigenvalue weighted by Gasteiger charge is 2.11. The fourth-order valence-corrected chi connectivity index (χ4v) is 1.38. The van der Waals surface area contributed by atoms with Crippen LogP contribution >= 0.6 is 0 Å². The second-order valence-corrected chi connectivity index (χ2v) is 3.48. The highest BCUT2D eigenvalue weighted by Crippen LogP contribution is 1.97. The average molecular weight is 221 g/mol. The maximum atomic E-state index is 11.6. The molecule has 0 aliphatic carbocycles. The molecule has 0 aliphatic rings. The van der Waals surface area contributed by atoms with Crippen LogP contribution in [0.15, 0.2) is 6.33 Å². The second-order valence-electron chi connectivity index (χ2n) is 3.48. The van der Waals surface area contributed by atoms with Crippen molar-refractivity contribution in [1.82, 2.24) is 20.1 Å². The van der Waals surface area contributed by atoms with Crippen molar-refractivity contribution in [2.75, 3.05) is 0 Å². The molecule has 16 heavy (non-hydrogen) atoms. The quantitative estimate of drug-likeness (QED) is 0.782. The van der Waals surface area contributed by atoms with Gasteiger partial charge in [-0.1, -0.05) is 13.8 Å². The summed E-state index contributed by atoms with van der Waals surface area (Å²) >= 11 is 0. The first-order valence-corrected chi connectivity index (χ1v) is 5.28. The highest BCUT2D eigenvalue weighted by molar-refractivity contribution is 5.76. The fraction of sp³-hybridized carbons (Fsp3) is 0.600. The van der Waals surface area contributed by atoms with E-state index in [-0.39, 0.29) is 24.3 Å². The Labute approximate surface area is 94.3 Å². The summed E-state index contributed by atoms with van der Waals surface area (Å²) in [6.45, 7) is 4.13. The van der Waals surface area contributed by atoms with Crippen LogP contribution in [-0.4, -0.2) is 26.7 Å². The Morgan fingerprint density at radius 1 is 1.62 bits per heavy atom. The van der Waals surface area contributed by atoms with Gasteiger partial charge in [0, 0.05) is 6.04 Å². The summed E-state index contributed by atoms with van der Waals surface area (Å²) in [5.41, 5.74) is 0. The van der Waals surface area contributed by atoms with E-state index in [1.807, 2.05) is 19.9 Å². The molecule has 0 radical (unpaired) electrons. The van der Waals surface area contributed by atoms with E-state index >= 15 is 0 Å². The number of nitriles is 1. The summed E-state index contributed by atoms with van der Waals surface area (Å²) < 4.78 is 1.43. The zero-order valence-corrected chi connectivity index (χ0v) is 9.47. The van der Waals surface area contributed by atoms with Crippen molar-refractivity contribution in [3.05, 3.63) is 12.2 Å². The molecule has 86 valence electrons. The molecule has 0 saturated heterocycles. The van der Waals surface area contributed by atoms with Crippen LogP contribution in [0.1, 0.15) is 32.5 Å². The highest BCUT2D eigenvalue weighted by atomic mass is 16.2. The van der Waals surface area contributed by atoms with Crippen molar-refractivity contribution in [3.8, 4) is 6.07 Å². The molecule has 0 aromatic carbocycles. The number of nitrogens with one attached hydrogen (secondary N) is 1. The molecule has 1 amide bonds. The molecule has 1 N–H and O–H groups in total. The first-order valence-electron chi connectivity index (χ1n) is 5.28. The van der Waals surface area contributed by atoms with Crippen LogP contribution in [0.4, 0.5) is 0 Å². The number of aromatic nitrogens is 3. The van der Waals surface area contributed by atoms with Gasteiger partial charge in [-0.15, -0.1) is 10.2 Å². The summed E-state index contributed by atoms with van der Waals surface area (Å²) in [5, 5.41) is 18.7. The van der Waals surface area contributed by atoms with Gasteiger partial charge in [0.1, 0.15) is 18.9 Å². The van der Waals surface area contributed by atoms with Gasteiger partial charge in [0.25, 0.3) is 0 Å². The molecule has 0 aliphatic heterocycles. The maximum absolute atomic E-state index is 11.6. The zero-order valence-electron chi connectivity index (χ0n) is 9.47. The van der Waals surface area contributed by atoms with Crippen molar-refractivity contribution in [2.24, 2.45) is 0 Å². The number of amides is 1. The molecule has 6 nitrogen and oxygen atoms in total. The Morgan fingerprint density at radius 2 is 2.31 bits per heavy atom. The van der Waals surface area contributed by atoms with Gasteiger partial charge in [-0.2, -0.15) is 5.26 Å². The lowest BCUT2D eigenvalue weighted by Gasteiger charge is -2.14. The number of carbonyl (C=O) groups excluding carboxylic acids is 1. The summed E-state index contributed by atoms with van der Waals surface area (Å²) in [4.78, 5) is 11.6. The van der Waals surface area contributed by atoms with E-state index in [1.54, 1.807) is 0 Å². The maximum Gasteiger partial charge on any atom is 0.240 e. The van der Waals surface area contributed by atoms with Crippen molar-refractivity contribution >= 4 is 5.91 Å². The predicted octanol–water partition coefficient (Wildman–Crippen LogP) is 0.455. The third-order valence-electron chi connectivity index (χ3n) is 2.38. The van der Waals surface area contributed by atoms with Gasteiger partial charge in [0.05, 0.1) is 0 Å². The molecule has 0 spiro atoms. The minimum atomic E-state index is -0.120. The van der Waals surface area contributed by atoms with Crippen molar-refractivity contribution < 1.29 is 4.79 Å². The van der Waals surface area contributed by atoms with E-state index in [9.17, 15) is 4.79 Å². The van der Waals surface area contributed by atoms with Crippen molar-refractivity contribution in [1.29, 1.82) is 5.26 Å². The van der Waals surface area contributed by atoms with E-state index in [2.05, 4.69) is 15.5 Å². The predicted molar refractivity (Wildman–Crippen MR) is 57.2 cm³/mol. The fourth-order valence-electron chi connectivity index (χ4n) is 1.38. The van der Waals surface area contributed by atoms with Gasteiger partial charge >= 0.3 is 0 Å². The van der Waals surface area contributed by atoms with Gasteiger partial charge in [-0.05, 0) is 12.8 Å². The number of nitrogens with zero attached hydrogens (tertiary/aromatic N) is 4. The van der Waals surface area contributed by atoms with Crippen LogP contribution in [0.25, 0.3) is 0 Å². The third kappa shape index (κ3) is 3.05. The molecule has 0 fully saturated rings. The monoisotopic (exact) mass is 221 g/mol. The summed E-state index contributed by atoms with van der Waals surface area (Å²) in [5.74, 6) is 0.0321. The van der Waals surface area contributed by atoms with E-state index in [0.717, 1.165) is 12.8 Å². The molecule has 0 saturated carbocycles. The Morgan fingerprint density at radius 3 is 2.88 bits per heavy atom. The molecule has 1 aromatic rings. The van der Waals surface area contributed by atoms with E-state index in [1.165, 1.54) is 10.9 Å². The summed E-state index contributed by atoms with van der Waals surface area (Å²) in [6, 6.07) is 2.06. The van der Waals surface area contributed by atoms with Crippen LogP contribution in [-0.2, 0) is 11.3 Å². The number of carbonyl (C=O) groups is 1. The zero-order chi connectivity index (χ0) is 12.0. The Kier molecular flexibility index (Phi) is 4.45. The lowest BCUT2D eigenvalue weighted by Crippen LogP contribution is -2.36. The largest absolute Gasteiger partial charge is 0.352 e. The van der Waals surface area contributed by atoms with E-state index in [4.69, 9.17) is 5.26 Å². The minimum Gasteiger partial charge on any atom is -0.352 e. The molecule has 1 rings (SSSR count). The van der Waals surface area contributed by atoms with Crippen LogP contribution in [0.5, 0.6) is 0 Å². The van der Waals surface area contributed by atoms with Crippen LogP contribution < -0.4 is 5.32 Å². The summed E-state index contributed by atoms with van der Waals surface area (Å²) in [6.07, 6.45) is 3.18. The van der Waals surface area contributed by atoms with E-state index < -0.39 is 0 Å². The van der Waals surface area contributed by atoms with Crippen LogP contribution in [0.2, 0.25) is 0 Å². The van der Waals surface area contributed by atoms with Gasteiger partial charge in [-0.3, -0.25) is 9.36 Å². The Bertz CT molecular complexity index is 388. The second kappa shape index (κ2) is 5.85. The van der Waals surface area contributed by atoms with Gasteiger partial charge in [-0.25, -0.2) is 0 Å². The Balaban J connectivity index is 2.55. The average Bonchev–Trinajstić information content (AvgIpc) is 2.73. The van der Waals surface area contributed by atoms with Crippen LogP contribution in [0.3, 0.4) is 0 Å². The number of rotatable bonds is 5. The van der Waals surface area contributed by atoms with Gasteiger partial charge in [0.15, 0.2) is 0 Å². The molecule has 6 heteroatoms. The number of hydrogen-bond acceptors (Lipinski definition) is 4. The molecule has 1 aromatic heterocycles. The SMILES string of the molecule is CCC(CC)NC(=O)Cn1cnnc1C#N. The Hall–Kier alpha value is -1.90. The standard InChI is InChI=1S/C10H15N5O/c1-3-8(4-2)13-10(16)6-15-7-12-14-9(15)5-11/h7-8H,3-4,6H2,1-2H3,(H,13,16). The molecule has 0 unspecified atom stereocenters.